The van der Waals surface area contributed by atoms with Gasteiger partial charge in [0.2, 0.25) is 0 Å². The summed E-state index contributed by atoms with van der Waals surface area (Å²) < 4.78 is 5.09. The predicted octanol–water partition coefficient (Wildman–Crippen LogP) is 2.19. The van der Waals surface area contributed by atoms with Gasteiger partial charge in [0.05, 0.1) is 5.69 Å². The second kappa shape index (κ2) is 4.57. The molecule has 2 rings (SSSR count). The monoisotopic (exact) mass is 229 g/mol. The van der Waals surface area contributed by atoms with Gasteiger partial charge in [0.25, 0.3) is 0 Å². The lowest BCUT2D eigenvalue weighted by atomic mass is 10.2. The van der Waals surface area contributed by atoms with Crippen LogP contribution in [0.25, 0.3) is 0 Å². The first-order chi connectivity index (χ1) is 8.18. The Morgan fingerprint density at radius 1 is 1.06 bits per heavy atom. The van der Waals surface area contributed by atoms with Gasteiger partial charge in [-0.05, 0) is 24.3 Å². The third kappa shape index (κ3) is 2.36. The predicted molar refractivity (Wildman–Crippen MR) is 63.9 cm³/mol. The molecule has 0 aromatic heterocycles. The zero-order valence-electron chi connectivity index (χ0n) is 8.96. The number of hydrogen-bond donors (Lipinski definition) is 2. The second-order valence-electron chi connectivity index (χ2n) is 3.44. The third-order valence-electron chi connectivity index (χ3n) is 2.25. The number of nitrogens with two attached hydrogens (primary N) is 1. The molecule has 17 heavy (non-hydrogen) atoms. The number of anilines is 1. The van der Waals surface area contributed by atoms with E-state index in [9.17, 15) is 9.90 Å². The first-order valence-corrected chi connectivity index (χ1v) is 5.03. The molecular weight excluding hydrogens is 218 g/mol. The summed E-state index contributed by atoms with van der Waals surface area (Å²) in [5.74, 6) is -0.478. The smallest absolute Gasteiger partial charge is 0.347 e. The van der Waals surface area contributed by atoms with Crippen LogP contribution in [0.3, 0.4) is 0 Å². The van der Waals surface area contributed by atoms with Crippen molar-refractivity contribution >= 4 is 11.7 Å². The molecule has 0 heterocycles. The summed E-state index contributed by atoms with van der Waals surface area (Å²) in [7, 11) is 0. The van der Waals surface area contributed by atoms with Crippen LogP contribution in [0.2, 0.25) is 0 Å². The molecule has 0 amide bonds. The highest BCUT2D eigenvalue weighted by molar-refractivity contribution is 5.94. The van der Waals surface area contributed by atoms with E-state index in [2.05, 4.69) is 0 Å². The highest BCUT2D eigenvalue weighted by Crippen LogP contribution is 2.23. The fourth-order valence-corrected chi connectivity index (χ4v) is 1.37. The molecule has 2 aromatic carbocycles. The number of phenolic OH excluding ortho intramolecular Hbond substituents is 1. The number of benzene rings is 2. The molecule has 0 saturated heterocycles. The Hall–Kier alpha value is -2.49. The van der Waals surface area contributed by atoms with Gasteiger partial charge in [-0.2, -0.15) is 0 Å². The van der Waals surface area contributed by atoms with Crippen LogP contribution in [0.5, 0.6) is 11.5 Å². The molecule has 0 aliphatic rings. The summed E-state index contributed by atoms with van der Waals surface area (Å²) in [4.78, 5) is 11.7. The van der Waals surface area contributed by atoms with Crippen LogP contribution in [-0.4, -0.2) is 11.1 Å². The maximum absolute atomic E-state index is 11.7. The molecule has 0 spiro atoms. The van der Waals surface area contributed by atoms with E-state index in [1.807, 2.05) is 0 Å². The molecule has 0 aliphatic carbocycles. The fraction of sp³-hybridized carbons (Fsp3) is 0. The van der Waals surface area contributed by atoms with Gasteiger partial charge in [-0.3, -0.25) is 0 Å². The topological polar surface area (TPSA) is 72.5 Å². The van der Waals surface area contributed by atoms with Crippen LogP contribution in [0.4, 0.5) is 5.69 Å². The minimum atomic E-state index is -0.638. The van der Waals surface area contributed by atoms with Crippen molar-refractivity contribution in [1.29, 1.82) is 0 Å². The number of nitrogen functional groups attached to an aromatic ring is 1. The number of ether oxygens (including phenoxy) is 1. The zero-order chi connectivity index (χ0) is 12.3. The number of aromatic hydroxyl groups is 1. The van der Waals surface area contributed by atoms with E-state index in [-0.39, 0.29) is 17.1 Å². The Labute approximate surface area is 98.3 Å². The fourth-order valence-electron chi connectivity index (χ4n) is 1.37. The maximum Gasteiger partial charge on any atom is 0.347 e. The average Bonchev–Trinajstić information content (AvgIpc) is 2.32. The molecule has 3 N–H and O–H groups in total. The van der Waals surface area contributed by atoms with E-state index in [4.69, 9.17) is 10.5 Å². The standard InChI is InChI=1S/C13H11NO3/c14-10-6-2-4-8-12(10)17-13(16)9-5-1-3-7-11(9)15/h1-8,15H,14H2. The summed E-state index contributed by atoms with van der Waals surface area (Å²) in [6.45, 7) is 0. The van der Waals surface area contributed by atoms with Gasteiger partial charge in [-0.25, -0.2) is 4.79 Å². The van der Waals surface area contributed by atoms with Crippen molar-refractivity contribution in [3.8, 4) is 11.5 Å². The molecule has 4 nitrogen and oxygen atoms in total. The molecule has 0 saturated carbocycles. The first-order valence-electron chi connectivity index (χ1n) is 5.03. The van der Waals surface area contributed by atoms with E-state index < -0.39 is 5.97 Å². The molecule has 0 fully saturated rings. The largest absolute Gasteiger partial charge is 0.507 e. The Morgan fingerprint density at radius 2 is 1.71 bits per heavy atom. The van der Waals surface area contributed by atoms with E-state index >= 15 is 0 Å². The van der Waals surface area contributed by atoms with E-state index in [0.717, 1.165) is 0 Å². The Kier molecular flexibility index (Phi) is 2.96. The van der Waals surface area contributed by atoms with Gasteiger partial charge in [-0.15, -0.1) is 0 Å². The maximum atomic E-state index is 11.7. The molecule has 2 aromatic rings. The van der Waals surface area contributed by atoms with Gasteiger partial charge < -0.3 is 15.6 Å². The quantitative estimate of drug-likeness (QED) is 0.470. The number of phenols is 1. The first kappa shape index (κ1) is 11.0. The van der Waals surface area contributed by atoms with Crippen molar-refractivity contribution in [2.45, 2.75) is 0 Å². The molecule has 86 valence electrons. The molecule has 4 heteroatoms. The Bertz CT molecular complexity index is 552. The van der Waals surface area contributed by atoms with Crippen LogP contribution in [0, 0.1) is 0 Å². The zero-order valence-corrected chi connectivity index (χ0v) is 8.96. The number of carbonyl (C=O) groups excluding carboxylic acids is 1. The summed E-state index contributed by atoms with van der Waals surface area (Å²) >= 11 is 0. The van der Waals surface area contributed by atoms with E-state index in [1.165, 1.54) is 12.1 Å². The van der Waals surface area contributed by atoms with E-state index in [0.29, 0.717) is 5.69 Å². The van der Waals surface area contributed by atoms with E-state index in [1.54, 1.807) is 36.4 Å². The van der Waals surface area contributed by atoms with Crippen LogP contribution in [-0.2, 0) is 0 Å². The Balaban J connectivity index is 2.24. The molecule has 0 aliphatic heterocycles. The summed E-state index contributed by atoms with van der Waals surface area (Å²) in [5.41, 5.74) is 6.12. The number of rotatable bonds is 2. The minimum Gasteiger partial charge on any atom is -0.507 e. The van der Waals surface area contributed by atoms with Crippen LogP contribution < -0.4 is 10.5 Å². The van der Waals surface area contributed by atoms with Crippen molar-refractivity contribution < 1.29 is 14.6 Å². The van der Waals surface area contributed by atoms with Crippen LogP contribution in [0.1, 0.15) is 10.4 Å². The molecule has 0 radical (unpaired) electrons. The lowest BCUT2D eigenvalue weighted by molar-refractivity contribution is 0.0733. The van der Waals surface area contributed by atoms with Gasteiger partial charge in [0.1, 0.15) is 11.3 Å². The van der Waals surface area contributed by atoms with Crippen molar-refractivity contribution in [3.63, 3.8) is 0 Å². The van der Waals surface area contributed by atoms with Crippen molar-refractivity contribution in [2.75, 3.05) is 5.73 Å². The molecular formula is C13H11NO3. The normalized spacial score (nSPS) is 9.88. The lowest BCUT2D eigenvalue weighted by Gasteiger charge is -2.07. The average molecular weight is 229 g/mol. The van der Waals surface area contributed by atoms with Crippen molar-refractivity contribution in [1.82, 2.24) is 0 Å². The number of esters is 1. The summed E-state index contributed by atoms with van der Waals surface area (Å²) in [5, 5.41) is 9.50. The van der Waals surface area contributed by atoms with Crippen molar-refractivity contribution in [2.24, 2.45) is 0 Å². The molecule has 0 unspecified atom stereocenters. The highest BCUT2D eigenvalue weighted by atomic mass is 16.5. The van der Waals surface area contributed by atoms with Crippen LogP contribution >= 0.6 is 0 Å². The lowest BCUT2D eigenvalue weighted by Crippen LogP contribution is -2.09. The van der Waals surface area contributed by atoms with Gasteiger partial charge >= 0.3 is 5.97 Å². The van der Waals surface area contributed by atoms with Gasteiger partial charge in [-0.1, -0.05) is 24.3 Å². The molecule has 0 atom stereocenters. The highest BCUT2D eigenvalue weighted by Gasteiger charge is 2.13. The number of hydrogen-bond acceptors (Lipinski definition) is 4. The van der Waals surface area contributed by atoms with Crippen molar-refractivity contribution in [3.05, 3.63) is 54.1 Å². The third-order valence-corrected chi connectivity index (χ3v) is 2.25. The number of carbonyl (C=O) groups is 1. The SMILES string of the molecule is Nc1ccccc1OC(=O)c1ccccc1O. The van der Waals surface area contributed by atoms with Gasteiger partial charge in [0.15, 0.2) is 5.75 Å². The van der Waals surface area contributed by atoms with Gasteiger partial charge in [0, 0.05) is 0 Å². The minimum absolute atomic E-state index is 0.107. The second-order valence-corrected chi connectivity index (χ2v) is 3.44. The number of para-hydroxylation sites is 3. The Morgan fingerprint density at radius 3 is 2.41 bits per heavy atom. The summed E-state index contributed by atoms with van der Waals surface area (Å²) in [6.07, 6.45) is 0. The summed E-state index contributed by atoms with van der Waals surface area (Å²) in [6, 6.07) is 12.9. The molecule has 0 bridgehead atoms. The van der Waals surface area contributed by atoms with Crippen LogP contribution in [0.15, 0.2) is 48.5 Å².